The highest BCUT2D eigenvalue weighted by atomic mass is 32.1. The van der Waals surface area contributed by atoms with Crippen LogP contribution in [-0.2, 0) is 0 Å². The molecule has 0 bridgehead atoms. The molecule has 2 atom stereocenters. The summed E-state index contributed by atoms with van der Waals surface area (Å²) in [4.78, 5) is 6.65. The van der Waals surface area contributed by atoms with Gasteiger partial charge in [-0.05, 0) is 31.7 Å². The van der Waals surface area contributed by atoms with Crippen molar-refractivity contribution in [2.24, 2.45) is 0 Å². The quantitative estimate of drug-likeness (QED) is 0.834. The first-order valence-corrected chi connectivity index (χ1v) is 8.82. The molecular weight excluding hydrogens is 266 g/mol. The van der Waals surface area contributed by atoms with Gasteiger partial charge in [0.05, 0.1) is 0 Å². The van der Waals surface area contributed by atoms with Crippen LogP contribution in [-0.4, -0.2) is 55.1 Å². The maximum absolute atomic E-state index is 3.63. The Bertz CT molecular complexity index is 358. The fourth-order valence-corrected chi connectivity index (χ4v) is 3.52. The van der Waals surface area contributed by atoms with Gasteiger partial charge >= 0.3 is 0 Å². The molecule has 2 rings (SSSR count). The Morgan fingerprint density at radius 2 is 2.00 bits per heavy atom. The fraction of sp³-hybridized carbons (Fsp3) is 0.750. The van der Waals surface area contributed by atoms with Crippen molar-refractivity contribution in [1.82, 2.24) is 15.1 Å². The second-order valence-electron chi connectivity index (χ2n) is 5.83. The van der Waals surface area contributed by atoms with E-state index in [2.05, 4.69) is 53.4 Å². The Morgan fingerprint density at radius 1 is 1.25 bits per heavy atom. The Balaban J connectivity index is 1.62. The average molecular weight is 295 g/mol. The van der Waals surface area contributed by atoms with Gasteiger partial charge in [0, 0.05) is 56.2 Å². The number of piperazine rings is 1. The number of thiophene rings is 1. The van der Waals surface area contributed by atoms with Gasteiger partial charge in [0.2, 0.25) is 0 Å². The zero-order valence-corrected chi connectivity index (χ0v) is 14.0. The van der Waals surface area contributed by atoms with Crippen LogP contribution >= 0.6 is 11.3 Å². The van der Waals surface area contributed by atoms with E-state index in [0.717, 1.165) is 12.6 Å². The van der Waals surface area contributed by atoms with Crippen LogP contribution in [0.5, 0.6) is 0 Å². The van der Waals surface area contributed by atoms with Crippen molar-refractivity contribution in [2.75, 3.05) is 39.3 Å². The van der Waals surface area contributed by atoms with E-state index in [1.165, 1.54) is 44.0 Å². The summed E-state index contributed by atoms with van der Waals surface area (Å²) in [5.74, 6) is 0. The summed E-state index contributed by atoms with van der Waals surface area (Å²) in [6, 6.07) is 5.57. The van der Waals surface area contributed by atoms with Crippen LogP contribution in [0, 0.1) is 0 Å². The molecule has 1 fully saturated rings. The predicted molar refractivity (Wildman–Crippen MR) is 88.5 cm³/mol. The Labute approximate surface area is 128 Å². The van der Waals surface area contributed by atoms with E-state index >= 15 is 0 Å². The minimum Gasteiger partial charge on any atom is -0.308 e. The van der Waals surface area contributed by atoms with Gasteiger partial charge in [0.25, 0.3) is 0 Å². The van der Waals surface area contributed by atoms with Gasteiger partial charge in [-0.3, -0.25) is 9.80 Å². The Kier molecular flexibility index (Phi) is 6.49. The molecular formula is C16H29N3S. The first-order chi connectivity index (χ1) is 9.70. The van der Waals surface area contributed by atoms with E-state index in [9.17, 15) is 0 Å². The third kappa shape index (κ3) is 4.55. The minimum atomic E-state index is 0.483. The topological polar surface area (TPSA) is 18.5 Å². The van der Waals surface area contributed by atoms with Gasteiger partial charge in [-0.1, -0.05) is 13.0 Å². The third-order valence-corrected chi connectivity index (χ3v) is 5.52. The Morgan fingerprint density at radius 3 is 2.60 bits per heavy atom. The van der Waals surface area contributed by atoms with Gasteiger partial charge in [-0.2, -0.15) is 0 Å². The summed E-state index contributed by atoms with van der Waals surface area (Å²) < 4.78 is 0. The van der Waals surface area contributed by atoms with Crippen LogP contribution in [0.3, 0.4) is 0 Å². The highest BCUT2D eigenvalue weighted by Gasteiger charge is 2.19. The second kappa shape index (κ2) is 8.13. The molecule has 3 nitrogen and oxygen atoms in total. The third-order valence-electron chi connectivity index (χ3n) is 4.47. The SMILES string of the molecule is CCC(C)N1CCN(CCNC(C)c2cccs2)CC1. The standard InChI is InChI=1S/C16H29N3S/c1-4-14(2)19-11-9-18(10-12-19)8-7-17-15(3)16-6-5-13-20-16/h5-6,13-15,17H,4,7-12H2,1-3H3. The average Bonchev–Trinajstić information content (AvgIpc) is 3.01. The van der Waals surface area contributed by atoms with Crippen molar-refractivity contribution >= 4 is 11.3 Å². The lowest BCUT2D eigenvalue weighted by molar-refractivity contribution is 0.101. The van der Waals surface area contributed by atoms with E-state index in [1.54, 1.807) is 0 Å². The molecule has 0 saturated carbocycles. The van der Waals surface area contributed by atoms with E-state index < -0.39 is 0 Å². The van der Waals surface area contributed by atoms with Crippen molar-refractivity contribution < 1.29 is 0 Å². The highest BCUT2D eigenvalue weighted by molar-refractivity contribution is 7.10. The molecule has 1 aromatic heterocycles. The van der Waals surface area contributed by atoms with Crippen LogP contribution in [0.1, 0.15) is 38.1 Å². The largest absolute Gasteiger partial charge is 0.308 e. The smallest absolute Gasteiger partial charge is 0.0386 e. The Hall–Kier alpha value is -0.420. The van der Waals surface area contributed by atoms with Gasteiger partial charge in [-0.15, -0.1) is 11.3 Å². The van der Waals surface area contributed by atoms with Gasteiger partial charge in [-0.25, -0.2) is 0 Å². The summed E-state index contributed by atoms with van der Waals surface area (Å²) in [6.45, 7) is 14.1. The van der Waals surface area contributed by atoms with Crippen molar-refractivity contribution in [3.8, 4) is 0 Å². The van der Waals surface area contributed by atoms with Crippen LogP contribution < -0.4 is 5.32 Å². The molecule has 20 heavy (non-hydrogen) atoms. The minimum absolute atomic E-state index is 0.483. The lowest BCUT2D eigenvalue weighted by atomic mass is 10.2. The van der Waals surface area contributed by atoms with Crippen molar-refractivity contribution in [3.63, 3.8) is 0 Å². The van der Waals surface area contributed by atoms with Crippen LogP contribution in [0.25, 0.3) is 0 Å². The molecule has 4 heteroatoms. The summed E-state index contributed by atoms with van der Waals surface area (Å²) in [5.41, 5.74) is 0. The maximum Gasteiger partial charge on any atom is 0.0386 e. The van der Waals surface area contributed by atoms with Gasteiger partial charge in [0.15, 0.2) is 0 Å². The molecule has 1 N–H and O–H groups in total. The van der Waals surface area contributed by atoms with Crippen molar-refractivity contribution in [3.05, 3.63) is 22.4 Å². The number of hydrogen-bond donors (Lipinski definition) is 1. The lowest BCUT2D eigenvalue weighted by Crippen LogP contribution is -2.50. The molecule has 1 saturated heterocycles. The first kappa shape index (κ1) is 16.0. The summed E-state index contributed by atoms with van der Waals surface area (Å²) >= 11 is 1.84. The van der Waals surface area contributed by atoms with Gasteiger partial charge in [0.1, 0.15) is 0 Å². The molecule has 114 valence electrons. The van der Waals surface area contributed by atoms with Crippen LogP contribution in [0.15, 0.2) is 17.5 Å². The second-order valence-corrected chi connectivity index (χ2v) is 6.81. The zero-order chi connectivity index (χ0) is 14.4. The van der Waals surface area contributed by atoms with E-state index in [1.807, 2.05) is 11.3 Å². The summed E-state index contributed by atoms with van der Waals surface area (Å²) in [7, 11) is 0. The van der Waals surface area contributed by atoms with Crippen molar-refractivity contribution in [2.45, 2.75) is 39.3 Å². The molecule has 0 spiro atoms. The zero-order valence-electron chi connectivity index (χ0n) is 13.1. The number of rotatable bonds is 7. The number of hydrogen-bond acceptors (Lipinski definition) is 4. The maximum atomic E-state index is 3.63. The molecule has 0 aliphatic carbocycles. The molecule has 2 heterocycles. The highest BCUT2D eigenvalue weighted by Crippen LogP contribution is 2.17. The molecule has 0 radical (unpaired) electrons. The van der Waals surface area contributed by atoms with Crippen LogP contribution in [0.4, 0.5) is 0 Å². The molecule has 2 unspecified atom stereocenters. The predicted octanol–water partition coefficient (Wildman–Crippen LogP) is 2.81. The van der Waals surface area contributed by atoms with Crippen molar-refractivity contribution in [1.29, 1.82) is 0 Å². The first-order valence-electron chi connectivity index (χ1n) is 7.94. The van der Waals surface area contributed by atoms with E-state index in [-0.39, 0.29) is 0 Å². The molecule has 1 aromatic rings. The molecule has 1 aliphatic heterocycles. The number of nitrogens with zero attached hydrogens (tertiary/aromatic N) is 2. The normalized spacial score (nSPS) is 20.9. The van der Waals surface area contributed by atoms with Gasteiger partial charge < -0.3 is 5.32 Å². The van der Waals surface area contributed by atoms with E-state index in [4.69, 9.17) is 0 Å². The monoisotopic (exact) mass is 295 g/mol. The lowest BCUT2D eigenvalue weighted by Gasteiger charge is -2.38. The number of nitrogens with one attached hydrogen (secondary N) is 1. The molecule has 0 aromatic carbocycles. The molecule has 0 amide bonds. The molecule has 1 aliphatic rings. The van der Waals surface area contributed by atoms with Crippen LogP contribution in [0.2, 0.25) is 0 Å². The fourth-order valence-electron chi connectivity index (χ4n) is 2.76. The van der Waals surface area contributed by atoms with E-state index in [0.29, 0.717) is 6.04 Å². The summed E-state index contributed by atoms with van der Waals surface area (Å²) in [5, 5.41) is 5.79. The summed E-state index contributed by atoms with van der Waals surface area (Å²) in [6.07, 6.45) is 1.26.